The molecule has 144 valence electrons. The van der Waals surface area contributed by atoms with E-state index in [-0.39, 0.29) is 0 Å². The Morgan fingerprint density at radius 1 is 0.759 bits per heavy atom. The molecule has 0 aliphatic heterocycles. The van der Waals surface area contributed by atoms with Crippen molar-refractivity contribution in [2.75, 3.05) is 5.32 Å². The highest BCUT2D eigenvalue weighted by Crippen LogP contribution is 2.13. The first kappa shape index (κ1) is 19.5. The molecule has 7 nitrogen and oxygen atoms in total. The van der Waals surface area contributed by atoms with Crippen LogP contribution in [0.4, 0.5) is 5.69 Å². The molecule has 3 aromatic rings. The number of rotatable bonds is 5. The summed E-state index contributed by atoms with van der Waals surface area (Å²) in [6, 6.07) is 23.8. The van der Waals surface area contributed by atoms with Gasteiger partial charge in [-0.2, -0.15) is 5.10 Å². The maximum absolute atomic E-state index is 12.0. The van der Waals surface area contributed by atoms with Gasteiger partial charge in [-0.15, -0.1) is 0 Å². The van der Waals surface area contributed by atoms with E-state index in [0.29, 0.717) is 22.6 Å². The fraction of sp³-hybridized carbons (Fsp3) is 0. The number of anilines is 1. The third kappa shape index (κ3) is 5.86. The number of carbonyl (C=O) groups excluding carboxylic acids is 3. The van der Waals surface area contributed by atoms with Crippen LogP contribution in [0.2, 0.25) is 0 Å². The van der Waals surface area contributed by atoms with E-state index >= 15 is 0 Å². The minimum absolute atomic E-state index is 0.377. The van der Waals surface area contributed by atoms with Crippen LogP contribution in [0.15, 0.2) is 90.0 Å². The molecule has 3 rings (SSSR count). The van der Waals surface area contributed by atoms with Crippen LogP contribution >= 0.6 is 0 Å². The summed E-state index contributed by atoms with van der Waals surface area (Å²) in [5.41, 5.74) is 3.76. The number of para-hydroxylation sites is 1. The van der Waals surface area contributed by atoms with Crippen molar-refractivity contribution in [3.8, 4) is 5.75 Å². The molecule has 0 radical (unpaired) electrons. The van der Waals surface area contributed by atoms with Crippen molar-refractivity contribution in [1.29, 1.82) is 0 Å². The molecule has 3 aromatic carbocycles. The van der Waals surface area contributed by atoms with Crippen LogP contribution < -0.4 is 15.5 Å². The maximum Gasteiger partial charge on any atom is 0.343 e. The highest BCUT2D eigenvalue weighted by atomic mass is 16.5. The minimum atomic E-state index is -0.890. The van der Waals surface area contributed by atoms with Crippen molar-refractivity contribution in [2.24, 2.45) is 5.10 Å². The summed E-state index contributed by atoms with van der Waals surface area (Å²) in [6.07, 6.45) is 1.37. The monoisotopic (exact) mass is 387 g/mol. The second-order valence-electron chi connectivity index (χ2n) is 5.84. The normalized spacial score (nSPS) is 10.3. The van der Waals surface area contributed by atoms with Crippen LogP contribution in [0.25, 0.3) is 0 Å². The van der Waals surface area contributed by atoms with Crippen LogP contribution in [0.5, 0.6) is 5.75 Å². The van der Waals surface area contributed by atoms with Gasteiger partial charge in [-0.1, -0.05) is 36.4 Å². The summed E-state index contributed by atoms with van der Waals surface area (Å²) in [4.78, 5) is 35.5. The van der Waals surface area contributed by atoms with E-state index < -0.39 is 17.8 Å². The van der Waals surface area contributed by atoms with Gasteiger partial charge >= 0.3 is 17.8 Å². The zero-order chi connectivity index (χ0) is 20.5. The molecule has 29 heavy (non-hydrogen) atoms. The van der Waals surface area contributed by atoms with Crippen molar-refractivity contribution in [2.45, 2.75) is 0 Å². The van der Waals surface area contributed by atoms with E-state index in [9.17, 15) is 14.4 Å². The van der Waals surface area contributed by atoms with Gasteiger partial charge < -0.3 is 10.1 Å². The Balaban J connectivity index is 1.50. The van der Waals surface area contributed by atoms with E-state index in [1.807, 2.05) is 6.07 Å². The van der Waals surface area contributed by atoms with Gasteiger partial charge in [-0.3, -0.25) is 9.59 Å². The largest absolute Gasteiger partial charge is 0.423 e. The molecule has 2 N–H and O–H groups in total. The molecular weight excluding hydrogens is 370 g/mol. The molecular formula is C22H17N3O4. The van der Waals surface area contributed by atoms with Gasteiger partial charge in [-0.05, 0) is 54.1 Å². The Hall–Kier alpha value is -4.26. The van der Waals surface area contributed by atoms with Crippen LogP contribution in [-0.4, -0.2) is 24.0 Å². The fourth-order valence-electron chi connectivity index (χ4n) is 2.29. The summed E-state index contributed by atoms with van der Waals surface area (Å²) in [5, 5.41) is 6.21. The van der Waals surface area contributed by atoms with E-state index in [1.165, 1.54) is 6.21 Å². The Kier molecular flexibility index (Phi) is 6.46. The number of hydrogen-bond donors (Lipinski definition) is 2. The SMILES string of the molecule is O=C(NN=Cc1ccc(OC(=O)c2ccccc2)cc1)C(=O)Nc1ccccc1. The summed E-state index contributed by atoms with van der Waals surface area (Å²) in [6.45, 7) is 0. The van der Waals surface area contributed by atoms with Crippen molar-refractivity contribution in [1.82, 2.24) is 5.43 Å². The molecule has 0 aliphatic rings. The van der Waals surface area contributed by atoms with Gasteiger partial charge in [0.1, 0.15) is 5.75 Å². The van der Waals surface area contributed by atoms with E-state index in [2.05, 4.69) is 15.8 Å². The van der Waals surface area contributed by atoms with Crippen LogP contribution in [0.3, 0.4) is 0 Å². The first-order valence-electron chi connectivity index (χ1n) is 8.68. The third-order valence-electron chi connectivity index (χ3n) is 3.72. The number of nitrogens with zero attached hydrogens (tertiary/aromatic N) is 1. The highest BCUT2D eigenvalue weighted by Gasteiger charge is 2.12. The molecule has 2 amide bonds. The van der Waals surface area contributed by atoms with Crippen molar-refractivity contribution < 1.29 is 19.1 Å². The lowest BCUT2D eigenvalue weighted by Gasteiger charge is -2.04. The van der Waals surface area contributed by atoms with Gasteiger partial charge in [-0.25, -0.2) is 10.2 Å². The van der Waals surface area contributed by atoms with E-state index in [4.69, 9.17) is 4.74 Å². The van der Waals surface area contributed by atoms with Gasteiger partial charge in [0, 0.05) is 5.69 Å². The second-order valence-corrected chi connectivity index (χ2v) is 5.84. The van der Waals surface area contributed by atoms with Gasteiger partial charge in [0.25, 0.3) is 0 Å². The number of nitrogens with one attached hydrogen (secondary N) is 2. The molecule has 0 fully saturated rings. The molecule has 0 unspecified atom stereocenters. The first-order valence-corrected chi connectivity index (χ1v) is 8.68. The lowest BCUT2D eigenvalue weighted by Crippen LogP contribution is -2.32. The Bertz CT molecular complexity index is 1020. The molecule has 0 saturated carbocycles. The molecule has 0 spiro atoms. The molecule has 0 aliphatic carbocycles. The highest BCUT2D eigenvalue weighted by molar-refractivity contribution is 6.39. The molecule has 7 heteroatoms. The van der Waals surface area contributed by atoms with Gasteiger partial charge in [0.2, 0.25) is 0 Å². The van der Waals surface area contributed by atoms with Crippen molar-refractivity contribution >= 4 is 29.7 Å². The predicted molar refractivity (Wildman–Crippen MR) is 109 cm³/mol. The quantitative estimate of drug-likeness (QED) is 0.231. The zero-order valence-electron chi connectivity index (χ0n) is 15.2. The number of hydrogen-bond acceptors (Lipinski definition) is 5. The average Bonchev–Trinajstić information content (AvgIpc) is 2.76. The summed E-state index contributed by atoms with van der Waals surface area (Å²) < 4.78 is 5.28. The molecule has 0 saturated heterocycles. The van der Waals surface area contributed by atoms with E-state index in [1.54, 1.807) is 78.9 Å². The third-order valence-corrected chi connectivity index (χ3v) is 3.72. The number of ether oxygens (including phenoxy) is 1. The lowest BCUT2D eigenvalue weighted by molar-refractivity contribution is -0.136. The summed E-state index contributed by atoms with van der Waals surface area (Å²) in [5.74, 6) is -1.79. The summed E-state index contributed by atoms with van der Waals surface area (Å²) in [7, 11) is 0. The Morgan fingerprint density at radius 3 is 2.03 bits per heavy atom. The van der Waals surface area contributed by atoms with Crippen LogP contribution in [0.1, 0.15) is 15.9 Å². The molecule has 0 aromatic heterocycles. The standard InChI is InChI=1S/C22H17N3O4/c26-20(24-18-9-5-2-6-10-18)21(27)25-23-15-16-11-13-19(14-12-16)29-22(28)17-7-3-1-4-8-17/h1-15H,(H,24,26)(H,25,27). The number of carbonyl (C=O) groups is 3. The Morgan fingerprint density at radius 2 is 1.38 bits per heavy atom. The number of amides is 2. The minimum Gasteiger partial charge on any atom is -0.423 e. The maximum atomic E-state index is 12.0. The average molecular weight is 387 g/mol. The van der Waals surface area contributed by atoms with Crippen LogP contribution in [0, 0.1) is 0 Å². The van der Waals surface area contributed by atoms with E-state index in [0.717, 1.165) is 0 Å². The number of hydrazone groups is 1. The lowest BCUT2D eigenvalue weighted by atomic mass is 10.2. The van der Waals surface area contributed by atoms with Crippen LogP contribution in [-0.2, 0) is 9.59 Å². The predicted octanol–water partition coefficient (Wildman–Crippen LogP) is 2.99. The zero-order valence-corrected chi connectivity index (χ0v) is 15.2. The second kappa shape index (κ2) is 9.61. The summed E-state index contributed by atoms with van der Waals surface area (Å²) >= 11 is 0. The fourth-order valence-corrected chi connectivity index (χ4v) is 2.29. The molecule has 0 atom stereocenters. The van der Waals surface area contributed by atoms with Crippen molar-refractivity contribution in [3.63, 3.8) is 0 Å². The first-order chi connectivity index (χ1) is 14.1. The van der Waals surface area contributed by atoms with Crippen molar-refractivity contribution in [3.05, 3.63) is 96.1 Å². The number of benzene rings is 3. The topological polar surface area (TPSA) is 96.9 Å². The van der Waals surface area contributed by atoms with Gasteiger partial charge in [0.15, 0.2) is 0 Å². The number of esters is 1. The smallest absolute Gasteiger partial charge is 0.343 e. The molecule has 0 heterocycles. The molecule has 0 bridgehead atoms. The Labute approximate surface area is 167 Å². The van der Waals surface area contributed by atoms with Gasteiger partial charge in [0.05, 0.1) is 11.8 Å².